The minimum absolute atomic E-state index is 0.112. The van der Waals surface area contributed by atoms with Crippen molar-refractivity contribution in [1.82, 2.24) is 9.97 Å². The molecule has 1 aromatic carbocycles. The van der Waals surface area contributed by atoms with Crippen molar-refractivity contribution in [2.24, 2.45) is 0 Å². The Morgan fingerprint density at radius 3 is 2.89 bits per heavy atom. The minimum Gasteiger partial charge on any atom is -0.483 e. The van der Waals surface area contributed by atoms with Crippen molar-refractivity contribution >= 4 is 44.9 Å². The number of carbonyl (C=O) groups is 1. The number of rotatable bonds is 4. The van der Waals surface area contributed by atoms with Crippen molar-refractivity contribution in [3.8, 4) is 5.75 Å². The second-order valence-corrected chi connectivity index (χ2v) is 8.08. The zero-order valence-electron chi connectivity index (χ0n) is 14.7. The highest BCUT2D eigenvalue weighted by molar-refractivity contribution is 7.22. The van der Waals surface area contributed by atoms with Gasteiger partial charge in [0.15, 0.2) is 16.0 Å². The molecule has 1 fully saturated rings. The third-order valence-electron chi connectivity index (χ3n) is 4.50. The lowest BCUT2D eigenvalue weighted by molar-refractivity contribution is -0.00440. The highest BCUT2D eigenvalue weighted by atomic mass is 35.5. The van der Waals surface area contributed by atoms with E-state index in [1.54, 1.807) is 24.4 Å². The van der Waals surface area contributed by atoms with Crippen molar-refractivity contribution in [3.05, 3.63) is 46.9 Å². The third-order valence-corrected chi connectivity index (χ3v) is 5.63. The van der Waals surface area contributed by atoms with Crippen molar-refractivity contribution in [3.63, 3.8) is 0 Å². The molecule has 146 valence electrons. The van der Waals surface area contributed by atoms with Crippen LogP contribution in [0.1, 0.15) is 25.7 Å². The number of aromatic nitrogens is 2. The molecule has 0 saturated heterocycles. The highest BCUT2D eigenvalue weighted by Crippen LogP contribution is 2.33. The lowest BCUT2D eigenvalue weighted by atomic mass is 9.94. The molecule has 6 nitrogen and oxygen atoms in total. The van der Waals surface area contributed by atoms with Crippen LogP contribution in [0.15, 0.2) is 36.7 Å². The first-order chi connectivity index (χ1) is 13.6. The molecule has 1 aliphatic carbocycles. The number of amides is 1. The lowest BCUT2D eigenvalue weighted by Gasteiger charge is -2.31. The van der Waals surface area contributed by atoms with Gasteiger partial charge in [0.05, 0.1) is 22.1 Å². The first-order valence-electron chi connectivity index (χ1n) is 8.88. The SMILES string of the molecule is O=C(Nc1cccnc1)O[C@H]1CCCC[C@H]1Oc1cc2sc(Cl)nc2cc1F. The molecule has 2 heterocycles. The summed E-state index contributed by atoms with van der Waals surface area (Å²) in [6, 6.07) is 6.33. The third kappa shape index (κ3) is 4.34. The molecule has 28 heavy (non-hydrogen) atoms. The van der Waals surface area contributed by atoms with E-state index in [0.29, 0.717) is 28.5 Å². The lowest BCUT2D eigenvalue weighted by Crippen LogP contribution is -2.39. The fraction of sp³-hybridized carbons (Fsp3) is 0.316. The number of thiazole rings is 1. The Labute approximate surface area is 169 Å². The van der Waals surface area contributed by atoms with Gasteiger partial charge >= 0.3 is 6.09 Å². The van der Waals surface area contributed by atoms with E-state index in [4.69, 9.17) is 21.1 Å². The van der Waals surface area contributed by atoms with Gasteiger partial charge in [0.25, 0.3) is 0 Å². The molecule has 0 spiro atoms. The van der Waals surface area contributed by atoms with Gasteiger partial charge in [0.1, 0.15) is 12.2 Å². The van der Waals surface area contributed by atoms with Crippen LogP contribution in [0.25, 0.3) is 10.2 Å². The molecule has 1 aliphatic rings. The van der Waals surface area contributed by atoms with Crippen molar-refractivity contribution < 1.29 is 18.7 Å². The van der Waals surface area contributed by atoms with E-state index in [9.17, 15) is 9.18 Å². The summed E-state index contributed by atoms with van der Waals surface area (Å²) in [4.78, 5) is 20.2. The molecule has 1 saturated carbocycles. The Hall–Kier alpha value is -2.45. The van der Waals surface area contributed by atoms with Crippen LogP contribution in [-0.2, 0) is 4.74 Å². The van der Waals surface area contributed by atoms with Crippen molar-refractivity contribution in [2.45, 2.75) is 37.9 Å². The van der Waals surface area contributed by atoms with Crippen molar-refractivity contribution in [1.29, 1.82) is 0 Å². The Morgan fingerprint density at radius 2 is 2.11 bits per heavy atom. The second-order valence-electron chi connectivity index (χ2n) is 6.47. The summed E-state index contributed by atoms with van der Waals surface area (Å²) in [5.74, 6) is -0.403. The fourth-order valence-electron chi connectivity index (χ4n) is 3.21. The second kappa shape index (κ2) is 8.28. The molecule has 0 aliphatic heterocycles. The smallest absolute Gasteiger partial charge is 0.412 e. The Kier molecular flexibility index (Phi) is 5.59. The molecule has 2 atom stereocenters. The number of pyridine rings is 1. The van der Waals surface area contributed by atoms with E-state index in [2.05, 4.69) is 15.3 Å². The summed E-state index contributed by atoms with van der Waals surface area (Å²) in [5, 5.41) is 2.64. The fourth-order valence-corrected chi connectivity index (χ4v) is 4.25. The molecule has 9 heteroatoms. The maximum absolute atomic E-state index is 14.4. The zero-order chi connectivity index (χ0) is 19.5. The maximum Gasteiger partial charge on any atom is 0.412 e. The van der Waals surface area contributed by atoms with Gasteiger partial charge in [-0.3, -0.25) is 10.3 Å². The van der Waals surface area contributed by atoms with Gasteiger partial charge in [-0.15, -0.1) is 11.3 Å². The van der Waals surface area contributed by atoms with Crippen LogP contribution in [0.5, 0.6) is 5.75 Å². The number of ether oxygens (including phenoxy) is 2. The average molecular weight is 422 g/mol. The van der Waals surface area contributed by atoms with E-state index < -0.39 is 24.1 Å². The van der Waals surface area contributed by atoms with E-state index in [0.717, 1.165) is 17.5 Å². The Bertz CT molecular complexity index is 985. The predicted molar refractivity (Wildman–Crippen MR) is 106 cm³/mol. The monoisotopic (exact) mass is 421 g/mol. The predicted octanol–water partition coefficient (Wildman–Crippen LogP) is 5.42. The number of hydrogen-bond acceptors (Lipinski definition) is 6. The summed E-state index contributed by atoms with van der Waals surface area (Å²) in [5.41, 5.74) is 1.03. The Balaban J connectivity index is 1.46. The van der Waals surface area contributed by atoms with Gasteiger partial charge in [-0.1, -0.05) is 11.6 Å². The summed E-state index contributed by atoms with van der Waals surface area (Å²) >= 11 is 7.16. The number of halogens is 2. The standard InChI is InChI=1S/C19H17ClFN3O3S/c20-18-24-13-8-12(21)16(9-17(13)28-18)26-14-5-1-2-6-15(14)27-19(25)23-11-4-3-7-22-10-11/h3-4,7-10,14-15H,1-2,5-6H2,(H,23,25)/t14-,15+/m1/s1. The molecule has 1 N–H and O–H groups in total. The summed E-state index contributed by atoms with van der Waals surface area (Å²) in [6.07, 6.45) is 4.83. The van der Waals surface area contributed by atoms with E-state index in [1.165, 1.54) is 23.6 Å². The Morgan fingerprint density at radius 1 is 1.29 bits per heavy atom. The zero-order valence-corrected chi connectivity index (χ0v) is 16.3. The number of anilines is 1. The topological polar surface area (TPSA) is 73.3 Å². The van der Waals surface area contributed by atoms with Gasteiger partial charge in [-0.05, 0) is 37.8 Å². The van der Waals surface area contributed by atoms with Crippen LogP contribution in [0.2, 0.25) is 4.47 Å². The first kappa shape index (κ1) is 18.9. The largest absolute Gasteiger partial charge is 0.483 e. The number of nitrogens with one attached hydrogen (secondary N) is 1. The number of fused-ring (bicyclic) bond motifs is 1. The quantitative estimate of drug-likeness (QED) is 0.608. The van der Waals surface area contributed by atoms with Crippen LogP contribution in [0.4, 0.5) is 14.9 Å². The normalized spacial score (nSPS) is 19.4. The molecule has 3 aromatic rings. The molecule has 2 aromatic heterocycles. The molecular weight excluding hydrogens is 405 g/mol. The minimum atomic E-state index is -0.585. The number of hydrogen-bond donors (Lipinski definition) is 1. The van der Waals surface area contributed by atoms with Crippen LogP contribution in [0.3, 0.4) is 0 Å². The van der Waals surface area contributed by atoms with E-state index >= 15 is 0 Å². The first-order valence-corrected chi connectivity index (χ1v) is 10.1. The highest BCUT2D eigenvalue weighted by Gasteiger charge is 2.31. The van der Waals surface area contributed by atoms with Gasteiger partial charge in [0, 0.05) is 18.3 Å². The van der Waals surface area contributed by atoms with Gasteiger partial charge in [0.2, 0.25) is 0 Å². The molecule has 0 radical (unpaired) electrons. The summed E-state index contributed by atoms with van der Waals surface area (Å²) < 4.78 is 27.0. The number of carbonyl (C=O) groups excluding carboxylic acids is 1. The molecule has 4 rings (SSSR count). The van der Waals surface area contributed by atoms with Crippen LogP contribution < -0.4 is 10.1 Å². The van der Waals surface area contributed by atoms with Crippen LogP contribution >= 0.6 is 22.9 Å². The molecule has 0 bridgehead atoms. The summed E-state index contributed by atoms with van der Waals surface area (Å²) in [6.45, 7) is 0. The van der Waals surface area contributed by atoms with Gasteiger partial charge < -0.3 is 9.47 Å². The molecule has 1 amide bonds. The van der Waals surface area contributed by atoms with Crippen LogP contribution in [-0.4, -0.2) is 28.3 Å². The van der Waals surface area contributed by atoms with Gasteiger partial charge in [-0.2, -0.15) is 0 Å². The molecule has 0 unspecified atom stereocenters. The number of benzene rings is 1. The molecular formula is C19H17ClFN3O3S. The van der Waals surface area contributed by atoms with E-state index in [-0.39, 0.29) is 5.75 Å². The van der Waals surface area contributed by atoms with E-state index in [1.807, 2.05) is 0 Å². The maximum atomic E-state index is 14.4. The number of nitrogens with zero attached hydrogens (tertiary/aromatic N) is 2. The van der Waals surface area contributed by atoms with Crippen molar-refractivity contribution in [2.75, 3.05) is 5.32 Å². The average Bonchev–Trinajstić information content (AvgIpc) is 3.03. The van der Waals surface area contributed by atoms with Gasteiger partial charge in [-0.25, -0.2) is 14.2 Å². The summed E-state index contributed by atoms with van der Waals surface area (Å²) in [7, 11) is 0. The van der Waals surface area contributed by atoms with Crippen LogP contribution in [0, 0.1) is 5.82 Å².